The molecule has 2 aliphatic rings. The summed E-state index contributed by atoms with van der Waals surface area (Å²) in [7, 11) is 2.02. The smallest absolute Gasteiger partial charge is 0.123 e. The number of hydrogen-bond acceptors (Lipinski definition) is 2. The van der Waals surface area contributed by atoms with Gasteiger partial charge in [0.15, 0.2) is 0 Å². The van der Waals surface area contributed by atoms with E-state index in [1.54, 1.807) is 0 Å². The van der Waals surface area contributed by atoms with Crippen LogP contribution in [0.1, 0.15) is 32.6 Å². The first-order valence-corrected chi connectivity index (χ1v) is 5.66. The summed E-state index contributed by atoms with van der Waals surface area (Å²) in [5, 5.41) is 3.36. The molecule has 1 aliphatic carbocycles. The lowest BCUT2D eigenvalue weighted by atomic mass is 9.90. The summed E-state index contributed by atoms with van der Waals surface area (Å²) in [4.78, 5) is 2.28. The fourth-order valence-corrected chi connectivity index (χ4v) is 2.15. The molecule has 1 aliphatic heterocycles. The van der Waals surface area contributed by atoms with Gasteiger partial charge in [0.05, 0.1) is 0 Å². The molecule has 0 atom stereocenters. The maximum atomic E-state index is 13.5. The average molecular weight is 200 g/mol. The quantitative estimate of drug-likeness (QED) is 0.744. The van der Waals surface area contributed by atoms with Gasteiger partial charge in [-0.2, -0.15) is 0 Å². The summed E-state index contributed by atoms with van der Waals surface area (Å²) in [5.41, 5.74) is -0.531. The van der Waals surface area contributed by atoms with Crippen molar-refractivity contribution in [3.63, 3.8) is 0 Å². The highest BCUT2D eigenvalue weighted by Crippen LogP contribution is 2.41. The van der Waals surface area contributed by atoms with Gasteiger partial charge in [-0.25, -0.2) is 4.39 Å². The van der Waals surface area contributed by atoms with Crippen molar-refractivity contribution >= 4 is 0 Å². The number of halogens is 1. The van der Waals surface area contributed by atoms with Crippen molar-refractivity contribution in [2.45, 2.75) is 43.8 Å². The monoisotopic (exact) mass is 200 g/mol. The zero-order valence-corrected chi connectivity index (χ0v) is 9.27. The Kier molecular flexibility index (Phi) is 2.56. The van der Waals surface area contributed by atoms with E-state index in [0.717, 1.165) is 38.8 Å². The number of alkyl halides is 1. The van der Waals surface area contributed by atoms with E-state index in [4.69, 9.17) is 0 Å². The molecule has 0 aromatic carbocycles. The SMILES string of the molecule is CNC1(C)CCN(CC2(F)CC2)CC1. The topological polar surface area (TPSA) is 15.3 Å². The molecule has 2 rings (SSSR count). The van der Waals surface area contributed by atoms with Crippen LogP contribution in [0, 0.1) is 0 Å². The third-order valence-corrected chi connectivity index (χ3v) is 3.86. The molecule has 0 radical (unpaired) electrons. The molecule has 0 amide bonds. The first kappa shape index (κ1) is 10.4. The Balaban J connectivity index is 1.78. The molecule has 1 saturated carbocycles. The van der Waals surface area contributed by atoms with Crippen LogP contribution in [0.4, 0.5) is 4.39 Å². The molecular formula is C11H21FN2. The molecule has 14 heavy (non-hydrogen) atoms. The van der Waals surface area contributed by atoms with Gasteiger partial charge in [0.2, 0.25) is 0 Å². The molecular weight excluding hydrogens is 179 g/mol. The van der Waals surface area contributed by atoms with Gasteiger partial charge in [-0.1, -0.05) is 0 Å². The van der Waals surface area contributed by atoms with Crippen LogP contribution in [0.25, 0.3) is 0 Å². The summed E-state index contributed by atoms with van der Waals surface area (Å²) in [6, 6.07) is 0. The molecule has 82 valence electrons. The second kappa shape index (κ2) is 3.46. The Hall–Kier alpha value is -0.150. The second-order valence-electron chi connectivity index (χ2n) is 5.24. The van der Waals surface area contributed by atoms with Crippen LogP contribution in [-0.4, -0.2) is 42.8 Å². The van der Waals surface area contributed by atoms with Crippen molar-refractivity contribution in [2.24, 2.45) is 0 Å². The predicted octanol–water partition coefficient (Wildman–Crippen LogP) is 1.56. The Labute approximate surface area is 85.9 Å². The summed E-state index contributed by atoms with van der Waals surface area (Å²) in [6.45, 7) is 5.02. The number of piperidine rings is 1. The van der Waals surface area contributed by atoms with Crippen molar-refractivity contribution in [3.05, 3.63) is 0 Å². The summed E-state index contributed by atoms with van der Waals surface area (Å²) >= 11 is 0. The molecule has 1 heterocycles. The molecule has 3 heteroatoms. The van der Waals surface area contributed by atoms with E-state index in [0.29, 0.717) is 6.54 Å². The fourth-order valence-electron chi connectivity index (χ4n) is 2.15. The second-order valence-corrected chi connectivity index (χ2v) is 5.24. The van der Waals surface area contributed by atoms with Crippen LogP contribution >= 0.6 is 0 Å². The Morgan fingerprint density at radius 3 is 2.21 bits per heavy atom. The number of nitrogens with one attached hydrogen (secondary N) is 1. The number of likely N-dealkylation sites (tertiary alicyclic amines) is 1. The van der Waals surface area contributed by atoms with Gasteiger partial charge in [-0.05, 0) is 39.7 Å². The lowest BCUT2D eigenvalue weighted by Crippen LogP contribution is -2.51. The predicted molar refractivity (Wildman–Crippen MR) is 56.2 cm³/mol. The molecule has 1 saturated heterocycles. The third-order valence-electron chi connectivity index (χ3n) is 3.86. The van der Waals surface area contributed by atoms with Crippen LogP contribution in [0.3, 0.4) is 0 Å². The van der Waals surface area contributed by atoms with Gasteiger partial charge in [-0.3, -0.25) is 0 Å². The van der Waals surface area contributed by atoms with Crippen LogP contribution in [0.2, 0.25) is 0 Å². The molecule has 0 bridgehead atoms. The summed E-state index contributed by atoms with van der Waals surface area (Å²) < 4.78 is 13.5. The van der Waals surface area contributed by atoms with E-state index in [9.17, 15) is 4.39 Å². The van der Waals surface area contributed by atoms with Crippen molar-refractivity contribution in [2.75, 3.05) is 26.7 Å². The first-order chi connectivity index (χ1) is 6.55. The van der Waals surface area contributed by atoms with E-state index in [1.807, 2.05) is 7.05 Å². The Morgan fingerprint density at radius 1 is 1.21 bits per heavy atom. The van der Waals surface area contributed by atoms with Crippen molar-refractivity contribution in [3.8, 4) is 0 Å². The molecule has 0 unspecified atom stereocenters. The highest BCUT2D eigenvalue weighted by Gasteiger charge is 2.45. The first-order valence-electron chi connectivity index (χ1n) is 5.66. The maximum absolute atomic E-state index is 13.5. The zero-order valence-electron chi connectivity index (χ0n) is 9.27. The zero-order chi connectivity index (χ0) is 10.2. The fraction of sp³-hybridized carbons (Fsp3) is 1.00. The van der Waals surface area contributed by atoms with Gasteiger partial charge >= 0.3 is 0 Å². The lowest BCUT2D eigenvalue weighted by Gasteiger charge is -2.39. The molecule has 0 aromatic rings. The number of hydrogen-bond donors (Lipinski definition) is 1. The average Bonchev–Trinajstić information content (AvgIpc) is 2.89. The number of rotatable bonds is 3. The van der Waals surface area contributed by atoms with Crippen LogP contribution in [0.15, 0.2) is 0 Å². The van der Waals surface area contributed by atoms with E-state index in [-0.39, 0.29) is 5.54 Å². The van der Waals surface area contributed by atoms with E-state index in [2.05, 4.69) is 17.1 Å². The normalized spacial score (nSPS) is 30.2. The minimum absolute atomic E-state index is 0.281. The molecule has 0 spiro atoms. The number of nitrogens with zero attached hydrogens (tertiary/aromatic N) is 1. The van der Waals surface area contributed by atoms with E-state index in [1.165, 1.54) is 0 Å². The van der Waals surface area contributed by atoms with Gasteiger partial charge in [0, 0.05) is 25.2 Å². The third kappa shape index (κ3) is 2.26. The van der Waals surface area contributed by atoms with Crippen molar-refractivity contribution in [1.82, 2.24) is 10.2 Å². The molecule has 2 nitrogen and oxygen atoms in total. The van der Waals surface area contributed by atoms with Gasteiger partial charge < -0.3 is 10.2 Å². The minimum atomic E-state index is -0.812. The van der Waals surface area contributed by atoms with Gasteiger partial charge in [0.25, 0.3) is 0 Å². The van der Waals surface area contributed by atoms with Crippen LogP contribution < -0.4 is 5.32 Å². The van der Waals surface area contributed by atoms with E-state index < -0.39 is 5.67 Å². The molecule has 0 aromatic heterocycles. The Bertz CT molecular complexity index is 205. The van der Waals surface area contributed by atoms with Crippen LogP contribution in [0.5, 0.6) is 0 Å². The summed E-state index contributed by atoms with van der Waals surface area (Å²) in [6.07, 6.45) is 3.85. The van der Waals surface area contributed by atoms with Gasteiger partial charge in [-0.15, -0.1) is 0 Å². The van der Waals surface area contributed by atoms with Crippen molar-refractivity contribution in [1.29, 1.82) is 0 Å². The Morgan fingerprint density at radius 2 is 1.79 bits per heavy atom. The molecule has 2 fully saturated rings. The van der Waals surface area contributed by atoms with Crippen LogP contribution in [-0.2, 0) is 0 Å². The highest BCUT2D eigenvalue weighted by atomic mass is 19.1. The van der Waals surface area contributed by atoms with Crippen molar-refractivity contribution < 1.29 is 4.39 Å². The van der Waals surface area contributed by atoms with Gasteiger partial charge in [0.1, 0.15) is 5.67 Å². The lowest BCUT2D eigenvalue weighted by molar-refractivity contribution is 0.112. The highest BCUT2D eigenvalue weighted by molar-refractivity contribution is 4.98. The van der Waals surface area contributed by atoms with E-state index >= 15 is 0 Å². The summed E-state index contributed by atoms with van der Waals surface area (Å²) in [5.74, 6) is 0. The molecule has 1 N–H and O–H groups in total. The maximum Gasteiger partial charge on any atom is 0.123 e. The minimum Gasteiger partial charge on any atom is -0.314 e. The largest absolute Gasteiger partial charge is 0.314 e. The standard InChI is InChI=1S/C11H21FN2/c1-10(13-2)5-7-14(8-6-10)9-11(12)3-4-11/h13H,3-9H2,1-2H3.